The maximum absolute atomic E-state index is 3.75. The van der Waals surface area contributed by atoms with Crippen LogP contribution in [0.5, 0.6) is 0 Å². The van der Waals surface area contributed by atoms with Crippen LogP contribution in [0.1, 0.15) is 51.6 Å². The smallest absolute Gasteiger partial charge is 0.0472 e. The summed E-state index contributed by atoms with van der Waals surface area (Å²) in [6, 6.07) is 12.1. The second-order valence-corrected chi connectivity index (χ2v) is 6.61. The molecule has 2 heteroatoms. The Bertz CT molecular complexity index is 368. The molecule has 0 spiro atoms. The van der Waals surface area contributed by atoms with Crippen LogP contribution in [0.25, 0.3) is 0 Å². The van der Waals surface area contributed by atoms with Crippen molar-refractivity contribution >= 4 is 0 Å². The van der Waals surface area contributed by atoms with Crippen LogP contribution < -0.4 is 5.32 Å². The van der Waals surface area contributed by atoms with Crippen molar-refractivity contribution in [3.05, 3.63) is 35.9 Å². The summed E-state index contributed by atoms with van der Waals surface area (Å²) in [5, 5.41) is 3.75. The van der Waals surface area contributed by atoms with Crippen molar-refractivity contribution in [2.45, 2.75) is 52.1 Å². The fraction of sp³-hybridized carbons (Fsp3) is 0.667. The Balaban J connectivity index is 1.96. The van der Waals surface area contributed by atoms with Crippen LogP contribution in [0.3, 0.4) is 0 Å². The van der Waals surface area contributed by atoms with Gasteiger partial charge in [0.2, 0.25) is 0 Å². The highest BCUT2D eigenvalue weighted by atomic mass is 15.2. The molecule has 1 saturated heterocycles. The molecule has 0 bridgehead atoms. The van der Waals surface area contributed by atoms with Gasteiger partial charge in [0.05, 0.1) is 0 Å². The largest absolute Gasteiger partial charge is 0.312 e. The molecule has 0 amide bonds. The van der Waals surface area contributed by atoms with Gasteiger partial charge in [0.1, 0.15) is 0 Å². The highest BCUT2D eigenvalue weighted by Crippen LogP contribution is 2.24. The van der Waals surface area contributed by atoms with Crippen molar-refractivity contribution in [1.29, 1.82) is 0 Å². The molecule has 2 atom stereocenters. The van der Waals surface area contributed by atoms with Crippen molar-refractivity contribution in [1.82, 2.24) is 10.2 Å². The van der Waals surface area contributed by atoms with Crippen LogP contribution in [-0.4, -0.2) is 30.6 Å². The summed E-state index contributed by atoms with van der Waals surface area (Å²) in [4.78, 5) is 2.64. The number of hydrogen-bond acceptors (Lipinski definition) is 2. The lowest BCUT2D eigenvalue weighted by Crippen LogP contribution is -2.38. The minimum absolute atomic E-state index is 0.535. The van der Waals surface area contributed by atoms with Gasteiger partial charge in [-0.25, -0.2) is 0 Å². The number of rotatable bonds is 7. The molecule has 1 aliphatic heterocycles. The molecule has 0 radical (unpaired) electrons. The summed E-state index contributed by atoms with van der Waals surface area (Å²) in [6.45, 7) is 10.5. The van der Waals surface area contributed by atoms with E-state index in [2.05, 4.69) is 61.3 Å². The molecule has 2 nitrogen and oxygen atoms in total. The molecule has 2 unspecified atom stereocenters. The van der Waals surface area contributed by atoms with Gasteiger partial charge in [-0.15, -0.1) is 0 Å². The molecule has 0 aliphatic carbocycles. The van der Waals surface area contributed by atoms with Crippen LogP contribution in [0.2, 0.25) is 0 Å². The van der Waals surface area contributed by atoms with Gasteiger partial charge < -0.3 is 5.32 Å². The van der Waals surface area contributed by atoms with E-state index in [4.69, 9.17) is 0 Å². The number of nitrogens with one attached hydrogen (secondary N) is 1. The first kappa shape index (κ1) is 15.5. The van der Waals surface area contributed by atoms with Gasteiger partial charge in [-0.2, -0.15) is 0 Å². The zero-order chi connectivity index (χ0) is 14.4. The maximum atomic E-state index is 3.75. The maximum Gasteiger partial charge on any atom is 0.0472 e. The Morgan fingerprint density at radius 3 is 2.30 bits per heavy atom. The summed E-state index contributed by atoms with van der Waals surface area (Å²) >= 11 is 0. The van der Waals surface area contributed by atoms with E-state index >= 15 is 0 Å². The minimum Gasteiger partial charge on any atom is -0.312 e. The van der Waals surface area contributed by atoms with E-state index in [-0.39, 0.29) is 0 Å². The quantitative estimate of drug-likeness (QED) is 0.812. The summed E-state index contributed by atoms with van der Waals surface area (Å²) in [7, 11) is 0. The third kappa shape index (κ3) is 4.60. The number of nitrogens with zero attached hydrogens (tertiary/aromatic N) is 1. The van der Waals surface area contributed by atoms with E-state index in [1.54, 1.807) is 0 Å². The second-order valence-electron chi connectivity index (χ2n) is 6.61. The molecule has 1 N–H and O–H groups in total. The summed E-state index contributed by atoms with van der Waals surface area (Å²) in [5.74, 6) is 0.763. The predicted octanol–water partition coefficient (Wildman–Crippen LogP) is 3.85. The Labute approximate surface area is 124 Å². The molecule has 1 aromatic carbocycles. The van der Waals surface area contributed by atoms with E-state index in [1.165, 1.54) is 37.9 Å². The van der Waals surface area contributed by atoms with Crippen molar-refractivity contribution in [3.8, 4) is 0 Å². The van der Waals surface area contributed by atoms with E-state index in [0.717, 1.165) is 12.5 Å². The summed E-state index contributed by atoms with van der Waals surface area (Å²) < 4.78 is 0. The Morgan fingerprint density at radius 1 is 1.05 bits per heavy atom. The van der Waals surface area contributed by atoms with Gasteiger partial charge in [0.15, 0.2) is 0 Å². The third-order valence-corrected chi connectivity index (χ3v) is 4.25. The third-order valence-electron chi connectivity index (χ3n) is 4.25. The number of likely N-dealkylation sites (tertiary alicyclic amines) is 1. The first-order valence-electron chi connectivity index (χ1n) is 8.19. The molecular formula is C18H30N2. The summed E-state index contributed by atoms with van der Waals surface area (Å²) in [5.41, 5.74) is 1.46. The van der Waals surface area contributed by atoms with Crippen LogP contribution in [0.4, 0.5) is 0 Å². The molecule has 0 saturated carbocycles. The molecule has 112 valence electrons. The SMILES string of the molecule is CC(C)CC(C)NCC(c1ccccc1)N1CCCC1. The molecule has 20 heavy (non-hydrogen) atoms. The Kier molecular flexibility index (Phi) is 6.06. The topological polar surface area (TPSA) is 15.3 Å². The number of benzene rings is 1. The molecule has 1 fully saturated rings. The molecular weight excluding hydrogens is 244 g/mol. The lowest BCUT2D eigenvalue weighted by atomic mass is 10.0. The van der Waals surface area contributed by atoms with Gasteiger partial charge in [-0.3, -0.25) is 4.90 Å². The average Bonchev–Trinajstić information content (AvgIpc) is 2.93. The minimum atomic E-state index is 0.535. The van der Waals surface area contributed by atoms with Crippen LogP contribution in [-0.2, 0) is 0 Å². The van der Waals surface area contributed by atoms with Gasteiger partial charge in [0, 0.05) is 18.6 Å². The van der Waals surface area contributed by atoms with E-state index in [1.807, 2.05) is 0 Å². The van der Waals surface area contributed by atoms with E-state index in [0.29, 0.717) is 12.1 Å². The number of hydrogen-bond donors (Lipinski definition) is 1. The average molecular weight is 274 g/mol. The van der Waals surface area contributed by atoms with Gasteiger partial charge >= 0.3 is 0 Å². The van der Waals surface area contributed by atoms with E-state index in [9.17, 15) is 0 Å². The zero-order valence-corrected chi connectivity index (χ0v) is 13.3. The van der Waals surface area contributed by atoms with Crippen molar-refractivity contribution < 1.29 is 0 Å². The molecule has 2 rings (SSSR count). The first-order valence-corrected chi connectivity index (χ1v) is 8.19. The van der Waals surface area contributed by atoms with E-state index < -0.39 is 0 Å². The first-order chi connectivity index (χ1) is 9.66. The van der Waals surface area contributed by atoms with Crippen LogP contribution >= 0.6 is 0 Å². The molecule has 1 heterocycles. The normalized spacial score (nSPS) is 19.4. The second kappa shape index (κ2) is 7.80. The lowest BCUT2D eigenvalue weighted by Gasteiger charge is -2.30. The van der Waals surface area contributed by atoms with Crippen molar-refractivity contribution in [2.24, 2.45) is 5.92 Å². The predicted molar refractivity (Wildman–Crippen MR) is 86.9 cm³/mol. The zero-order valence-electron chi connectivity index (χ0n) is 13.3. The Morgan fingerprint density at radius 2 is 1.70 bits per heavy atom. The van der Waals surface area contributed by atoms with Gasteiger partial charge in [-0.05, 0) is 50.8 Å². The molecule has 1 aromatic rings. The molecule has 0 aromatic heterocycles. The highest BCUT2D eigenvalue weighted by molar-refractivity contribution is 5.19. The van der Waals surface area contributed by atoms with Crippen molar-refractivity contribution in [2.75, 3.05) is 19.6 Å². The highest BCUT2D eigenvalue weighted by Gasteiger charge is 2.23. The van der Waals surface area contributed by atoms with Gasteiger partial charge in [0.25, 0.3) is 0 Å². The van der Waals surface area contributed by atoms with Crippen molar-refractivity contribution in [3.63, 3.8) is 0 Å². The monoisotopic (exact) mass is 274 g/mol. The standard InChI is InChI=1S/C18H30N2/c1-15(2)13-16(3)19-14-18(20-11-7-8-12-20)17-9-5-4-6-10-17/h4-6,9-10,15-16,18-19H,7-8,11-14H2,1-3H3. The molecule has 1 aliphatic rings. The Hall–Kier alpha value is -0.860. The van der Waals surface area contributed by atoms with Crippen LogP contribution in [0.15, 0.2) is 30.3 Å². The fourth-order valence-corrected chi connectivity index (χ4v) is 3.29. The van der Waals surface area contributed by atoms with Gasteiger partial charge in [-0.1, -0.05) is 44.2 Å². The van der Waals surface area contributed by atoms with Crippen LogP contribution in [0, 0.1) is 5.92 Å². The fourth-order valence-electron chi connectivity index (χ4n) is 3.29. The summed E-state index contributed by atoms with van der Waals surface area (Å²) in [6.07, 6.45) is 3.96. The lowest BCUT2D eigenvalue weighted by molar-refractivity contribution is 0.231.